The minimum atomic E-state index is 0.0242. The Morgan fingerprint density at radius 2 is 1.72 bits per heavy atom. The summed E-state index contributed by atoms with van der Waals surface area (Å²) in [5.74, 6) is 2.88. The highest BCUT2D eigenvalue weighted by Crippen LogP contribution is 2.30. The number of hydrogen-bond donors (Lipinski definition) is 1. The molecule has 0 radical (unpaired) electrons. The first kappa shape index (κ1) is 30.5. The molecule has 43 heavy (non-hydrogen) atoms. The van der Waals surface area contributed by atoms with E-state index in [2.05, 4.69) is 52.7 Å². The Hall–Kier alpha value is -3.92. The zero-order valence-electron chi connectivity index (χ0n) is 25.1. The molecule has 5 rings (SSSR count). The molecule has 9 heteroatoms. The molecule has 0 bridgehead atoms. The molecule has 0 aliphatic carbocycles. The second-order valence-electron chi connectivity index (χ2n) is 10.6. The fourth-order valence-electron chi connectivity index (χ4n) is 5.42. The van der Waals surface area contributed by atoms with Gasteiger partial charge in [-0.15, -0.1) is 0 Å². The van der Waals surface area contributed by atoms with Gasteiger partial charge < -0.3 is 29.0 Å². The van der Waals surface area contributed by atoms with E-state index in [-0.39, 0.29) is 12.1 Å². The van der Waals surface area contributed by atoms with Crippen LogP contribution in [0.3, 0.4) is 0 Å². The van der Waals surface area contributed by atoms with Crippen molar-refractivity contribution in [3.8, 4) is 17.2 Å². The Morgan fingerprint density at radius 1 is 0.907 bits per heavy atom. The predicted octanol–water partition coefficient (Wildman–Crippen LogP) is 5.42. The van der Waals surface area contributed by atoms with Crippen LogP contribution < -0.4 is 19.5 Å². The number of piperidine rings is 1. The van der Waals surface area contributed by atoms with Crippen molar-refractivity contribution in [1.29, 1.82) is 0 Å². The van der Waals surface area contributed by atoms with E-state index in [9.17, 15) is 0 Å². The highest BCUT2D eigenvalue weighted by Gasteiger charge is 2.27. The van der Waals surface area contributed by atoms with E-state index >= 15 is 0 Å². The molecule has 3 atom stereocenters. The van der Waals surface area contributed by atoms with Crippen molar-refractivity contribution >= 4 is 0 Å². The molecular weight excluding hydrogens is 544 g/mol. The summed E-state index contributed by atoms with van der Waals surface area (Å²) in [6.07, 6.45) is 5.18. The summed E-state index contributed by atoms with van der Waals surface area (Å²) >= 11 is 0. The lowest BCUT2D eigenvalue weighted by molar-refractivity contribution is 0.00715. The zero-order valence-corrected chi connectivity index (χ0v) is 25.1. The van der Waals surface area contributed by atoms with Crippen LogP contribution in [0.4, 0.5) is 0 Å². The third-order valence-corrected chi connectivity index (χ3v) is 7.76. The van der Waals surface area contributed by atoms with E-state index in [1.807, 2.05) is 47.1 Å². The van der Waals surface area contributed by atoms with Crippen LogP contribution in [0.15, 0.2) is 85.5 Å². The van der Waals surface area contributed by atoms with E-state index in [1.54, 1.807) is 19.8 Å². The average Bonchev–Trinajstić information content (AvgIpc) is 3.61. The summed E-state index contributed by atoms with van der Waals surface area (Å²) in [7, 11) is 1.68. The maximum absolute atomic E-state index is 6.36. The molecule has 1 fully saturated rings. The van der Waals surface area contributed by atoms with Crippen molar-refractivity contribution in [2.75, 3.05) is 46.6 Å². The monoisotopic (exact) mass is 586 g/mol. The molecule has 1 aliphatic rings. The standard InChI is InChI=1S/C34H42N4O5/c1-26(38-25-36-24-37-38)30-9-4-6-11-33(30)42-20-21-43-34-22-35-17-16-31(34)27-12-14-29(15-13-27)41-19-7-18-40-23-28-8-3-5-10-32(28)39-2/h3-6,8-15,24-26,31,34-35H,7,16-23H2,1-2H3. The van der Waals surface area contributed by atoms with E-state index in [1.165, 1.54) is 5.56 Å². The number of para-hydroxylation sites is 2. The molecule has 3 unspecified atom stereocenters. The van der Waals surface area contributed by atoms with Crippen molar-refractivity contribution in [3.05, 3.63) is 102 Å². The minimum Gasteiger partial charge on any atom is -0.496 e. The van der Waals surface area contributed by atoms with Crippen molar-refractivity contribution in [2.24, 2.45) is 0 Å². The molecule has 1 saturated heterocycles. The van der Waals surface area contributed by atoms with Crippen molar-refractivity contribution < 1.29 is 23.7 Å². The number of hydrogen-bond acceptors (Lipinski definition) is 8. The van der Waals surface area contributed by atoms with Gasteiger partial charge in [0.1, 0.15) is 36.5 Å². The lowest BCUT2D eigenvalue weighted by Crippen LogP contribution is -2.41. The maximum atomic E-state index is 6.36. The first-order valence-corrected chi connectivity index (χ1v) is 15.0. The van der Waals surface area contributed by atoms with Crippen LogP contribution in [0.2, 0.25) is 0 Å². The highest BCUT2D eigenvalue weighted by atomic mass is 16.5. The number of aromatic nitrogens is 3. The molecule has 0 saturated carbocycles. The molecule has 9 nitrogen and oxygen atoms in total. The van der Waals surface area contributed by atoms with Gasteiger partial charge >= 0.3 is 0 Å². The van der Waals surface area contributed by atoms with Gasteiger partial charge in [0.2, 0.25) is 0 Å². The van der Waals surface area contributed by atoms with Crippen LogP contribution in [0, 0.1) is 0 Å². The Balaban J connectivity index is 1.04. The Kier molecular flexibility index (Phi) is 11.4. The summed E-state index contributed by atoms with van der Waals surface area (Å²) in [5.41, 5.74) is 3.38. The number of methoxy groups -OCH3 is 1. The number of nitrogens with one attached hydrogen (secondary N) is 1. The summed E-state index contributed by atoms with van der Waals surface area (Å²) in [6, 6.07) is 24.4. The number of nitrogens with zero attached hydrogens (tertiary/aromatic N) is 3. The summed E-state index contributed by atoms with van der Waals surface area (Å²) in [5, 5.41) is 7.76. The van der Waals surface area contributed by atoms with E-state index in [0.29, 0.717) is 39.0 Å². The number of rotatable bonds is 16. The van der Waals surface area contributed by atoms with Crippen LogP contribution in [0.25, 0.3) is 0 Å². The summed E-state index contributed by atoms with van der Waals surface area (Å²) in [4.78, 5) is 4.07. The van der Waals surface area contributed by atoms with Gasteiger partial charge in [0.25, 0.3) is 0 Å². The van der Waals surface area contributed by atoms with Gasteiger partial charge in [0.15, 0.2) is 0 Å². The maximum Gasteiger partial charge on any atom is 0.137 e. The highest BCUT2D eigenvalue weighted by molar-refractivity contribution is 5.36. The van der Waals surface area contributed by atoms with Crippen LogP contribution in [-0.4, -0.2) is 67.5 Å². The van der Waals surface area contributed by atoms with Gasteiger partial charge in [-0.2, -0.15) is 5.10 Å². The second kappa shape index (κ2) is 16.1. The second-order valence-corrected chi connectivity index (χ2v) is 10.6. The molecule has 3 aromatic carbocycles. The Morgan fingerprint density at radius 3 is 2.53 bits per heavy atom. The smallest absolute Gasteiger partial charge is 0.137 e. The Bertz CT molecular complexity index is 1370. The van der Waals surface area contributed by atoms with Gasteiger partial charge in [-0.25, -0.2) is 9.67 Å². The molecule has 228 valence electrons. The van der Waals surface area contributed by atoms with Gasteiger partial charge in [-0.1, -0.05) is 48.5 Å². The average molecular weight is 587 g/mol. The van der Waals surface area contributed by atoms with Crippen molar-refractivity contribution in [1.82, 2.24) is 20.1 Å². The quantitative estimate of drug-likeness (QED) is 0.174. The lowest BCUT2D eigenvalue weighted by atomic mass is 9.88. The number of ether oxygens (including phenoxy) is 5. The molecule has 1 aliphatic heterocycles. The first-order chi connectivity index (χ1) is 21.2. The van der Waals surface area contributed by atoms with Crippen LogP contribution in [0.1, 0.15) is 48.4 Å². The SMILES string of the molecule is COc1ccccc1COCCCOc1ccc(C2CCNCC2OCCOc2ccccc2C(C)n2cncn2)cc1. The van der Waals surface area contributed by atoms with Crippen LogP contribution in [-0.2, 0) is 16.1 Å². The van der Waals surface area contributed by atoms with E-state index < -0.39 is 0 Å². The van der Waals surface area contributed by atoms with Gasteiger partial charge in [-0.3, -0.25) is 0 Å². The summed E-state index contributed by atoms with van der Waals surface area (Å²) in [6.45, 7) is 6.61. The van der Waals surface area contributed by atoms with Crippen molar-refractivity contribution in [3.63, 3.8) is 0 Å². The molecule has 0 spiro atoms. The molecule has 1 N–H and O–H groups in total. The predicted molar refractivity (Wildman–Crippen MR) is 165 cm³/mol. The molecule has 2 heterocycles. The van der Waals surface area contributed by atoms with Crippen LogP contribution >= 0.6 is 0 Å². The summed E-state index contributed by atoms with van der Waals surface area (Å²) < 4.78 is 31.5. The first-order valence-electron chi connectivity index (χ1n) is 15.0. The molecular formula is C34H42N4O5. The van der Waals surface area contributed by atoms with Gasteiger partial charge in [0.05, 0.1) is 45.7 Å². The number of benzene rings is 3. The van der Waals surface area contributed by atoms with Gasteiger partial charge in [-0.05, 0) is 49.7 Å². The van der Waals surface area contributed by atoms with E-state index in [4.69, 9.17) is 23.7 Å². The molecule has 1 aromatic heterocycles. The van der Waals surface area contributed by atoms with E-state index in [0.717, 1.165) is 54.3 Å². The van der Waals surface area contributed by atoms with Crippen LogP contribution in [0.5, 0.6) is 17.2 Å². The normalized spacial score (nSPS) is 17.3. The largest absolute Gasteiger partial charge is 0.496 e. The lowest BCUT2D eigenvalue weighted by Gasteiger charge is -2.32. The molecule has 4 aromatic rings. The Labute approximate surface area is 254 Å². The fraction of sp³-hybridized carbons (Fsp3) is 0.412. The zero-order chi connectivity index (χ0) is 29.7. The third-order valence-electron chi connectivity index (χ3n) is 7.76. The fourth-order valence-corrected chi connectivity index (χ4v) is 5.42. The molecule has 0 amide bonds. The van der Waals surface area contributed by atoms with Gasteiger partial charge in [0, 0.05) is 30.0 Å². The van der Waals surface area contributed by atoms with Crippen molar-refractivity contribution in [2.45, 2.75) is 44.4 Å². The third kappa shape index (κ3) is 8.56. The topological polar surface area (TPSA) is 88.9 Å². The minimum absolute atomic E-state index is 0.0242.